The van der Waals surface area contributed by atoms with Gasteiger partial charge in [0.2, 0.25) is 0 Å². The molecule has 1 aromatic carbocycles. The number of hydrogen-bond acceptors (Lipinski definition) is 4. The molecule has 1 aromatic heterocycles. The van der Waals surface area contributed by atoms with Crippen LogP contribution in [0.25, 0.3) is 0 Å². The van der Waals surface area contributed by atoms with Crippen molar-refractivity contribution < 1.29 is 4.79 Å². The van der Waals surface area contributed by atoms with Crippen LogP contribution < -0.4 is 0 Å². The molecule has 5 heteroatoms. The lowest BCUT2D eigenvalue weighted by Crippen LogP contribution is -2.04. The number of hydrogen-bond donors (Lipinski definition) is 0. The second kappa shape index (κ2) is 6.33. The van der Waals surface area contributed by atoms with Gasteiger partial charge in [-0.25, -0.2) is 0 Å². The Morgan fingerprint density at radius 3 is 3.06 bits per heavy atom. The van der Waals surface area contributed by atoms with Crippen molar-refractivity contribution in [3.63, 3.8) is 0 Å². The van der Waals surface area contributed by atoms with E-state index in [4.69, 9.17) is 0 Å². The van der Waals surface area contributed by atoms with Crippen molar-refractivity contribution in [2.45, 2.75) is 11.3 Å². The molecule has 0 atom stereocenters. The van der Waals surface area contributed by atoms with Crippen molar-refractivity contribution in [1.29, 1.82) is 0 Å². The highest BCUT2D eigenvalue weighted by molar-refractivity contribution is 9.10. The van der Waals surface area contributed by atoms with Gasteiger partial charge in [-0.1, -0.05) is 22.0 Å². The summed E-state index contributed by atoms with van der Waals surface area (Å²) in [5.41, 5.74) is 1.75. The van der Waals surface area contributed by atoms with Crippen molar-refractivity contribution in [3.8, 4) is 0 Å². The van der Waals surface area contributed by atoms with Gasteiger partial charge in [0.25, 0.3) is 0 Å². The Hall–Kier alpha value is -0.650. The van der Waals surface area contributed by atoms with Gasteiger partial charge in [0, 0.05) is 26.9 Å². The molecule has 0 aliphatic carbocycles. The number of aromatic nitrogens is 1. The van der Waals surface area contributed by atoms with E-state index in [1.165, 1.54) is 11.3 Å². The zero-order chi connectivity index (χ0) is 12.1. The molecular weight excluding hydrogens is 318 g/mol. The largest absolute Gasteiger partial charge is 0.298 e. The summed E-state index contributed by atoms with van der Waals surface area (Å²) in [6, 6.07) is 7.98. The molecule has 2 aromatic rings. The minimum Gasteiger partial charge on any atom is -0.298 e. The predicted molar refractivity (Wildman–Crippen MR) is 75.7 cm³/mol. The van der Waals surface area contributed by atoms with Gasteiger partial charge in [0.1, 0.15) is 5.78 Å². The average Bonchev–Trinajstić information content (AvgIpc) is 2.79. The monoisotopic (exact) mass is 327 g/mol. The zero-order valence-corrected chi connectivity index (χ0v) is 12.1. The van der Waals surface area contributed by atoms with E-state index in [0.717, 1.165) is 14.2 Å². The fraction of sp³-hybridized carbons (Fsp3) is 0.167. The molecular formula is C12H10BrNOS2. The van der Waals surface area contributed by atoms with E-state index >= 15 is 0 Å². The quantitative estimate of drug-likeness (QED) is 0.782. The highest BCUT2D eigenvalue weighted by atomic mass is 79.9. The van der Waals surface area contributed by atoms with Crippen LogP contribution in [0.5, 0.6) is 0 Å². The number of ketones is 1. The number of carbonyl (C=O) groups is 1. The first-order valence-electron chi connectivity index (χ1n) is 5.01. The first kappa shape index (κ1) is 12.8. The predicted octanol–water partition coefficient (Wildman–Crippen LogP) is 3.81. The summed E-state index contributed by atoms with van der Waals surface area (Å²) < 4.78 is 1.04. The lowest BCUT2D eigenvalue weighted by atomic mass is 10.3. The number of rotatable bonds is 5. The fourth-order valence-electron chi connectivity index (χ4n) is 1.30. The van der Waals surface area contributed by atoms with Crippen LogP contribution in [0, 0.1) is 0 Å². The Labute approximate surface area is 117 Å². The number of Topliss-reactive ketones (excluding diaryl/α,β-unsaturated/α-hetero) is 1. The van der Waals surface area contributed by atoms with Gasteiger partial charge in [-0.15, -0.1) is 23.1 Å². The Morgan fingerprint density at radius 1 is 1.47 bits per heavy atom. The van der Waals surface area contributed by atoms with Crippen molar-refractivity contribution in [2.75, 3.05) is 5.75 Å². The van der Waals surface area contributed by atoms with E-state index in [-0.39, 0.29) is 5.78 Å². The number of benzene rings is 1. The van der Waals surface area contributed by atoms with Crippen molar-refractivity contribution >= 4 is 44.8 Å². The average molecular weight is 328 g/mol. The Kier molecular flexibility index (Phi) is 4.76. The molecule has 0 bridgehead atoms. The van der Waals surface area contributed by atoms with Crippen LogP contribution in [0.2, 0.25) is 0 Å². The first-order valence-corrected chi connectivity index (χ1v) is 7.67. The fourth-order valence-corrected chi connectivity index (χ4v) is 3.28. The van der Waals surface area contributed by atoms with Gasteiger partial charge < -0.3 is 0 Å². The summed E-state index contributed by atoms with van der Waals surface area (Å²) in [7, 11) is 0. The molecule has 88 valence electrons. The summed E-state index contributed by atoms with van der Waals surface area (Å²) in [6.45, 7) is 0. The molecule has 17 heavy (non-hydrogen) atoms. The standard InChI is InChI=1S/C12H10BrNOS2/c13-9-2-1-3-11(4-9)16-7-10(15)5-12-6-14-8-17-12/h1-4,6,8H,5,7H2. The second-order valence-corrected chi connectivity index (χ2v) is 6.36. The van der Waals surface area contributed by atoms with E-state index in [9.17, 15) is 4.79 Å². The van der Waals surface area contributed by atoms with E-state index in [2.05, 4.69) is 20.9 Å². The van der Waals surface area contributed by atoms with Gasteiger partial charge in [-0.05, 0) is 18.2 Å². The lowest BCUT2D eigenvalue weighted by Gasteiger charge is -2.01. The molecule has 0 unspecified atom stereocenters. The van der Waals surface area contributed by atoms with Crippen molar-refractivity contribution in [3.05, 3.63) is 45.3 Å². The van der Waals surface area contributed by atoms with Crippen LogP contribution in [0.1, 0.15) is 4.88 Å². The Balaban J connectivity index is 1.84. The molecule has 2 nitrogen and oxygen atoms in total. The smallest absolute Gasteiger partial charge is 0.148 e. The third-order valence-electron chi connectivity index (χ3n) is 2.05. The van der Waals surface area contributed by atoms with Crippen LogP contribution in [0.3, 0.4) is 0 Å². The van der Waals surface area contributed by atoms with E-state index in [1.807, 2.05) is 24.3 Å². The number of carbonyl (C=O) groups excluding carboxylic acids is 1. The minimum absolute atomic E-state index is 0.235. The van der Waals surface area contributed by atoms with E-state index < -0.39 is 0 Å². The Bertz CT molecular complexity index is 499. The molecule has 2 rings (SSSR count). The molecule has 0 spiro atoms. The molecule has 0 N–H and O–H groups in total. The lowest BCUT2D eigenvalue weighted by molar-refractivity contribution is -0.115. The van der Waals surface area contributed by atoms with Crippen LogP contribution in [0.15, 0.2) is 45.3 Å². The summed E-state index contributed by atoms with van der Waals surface area (Å²) in [4.78, 5) is 17.8. The number of thiazole rings is 1. The summed E-state index contributed by atoms with van der Waals surface area (Å²) in [6.07, 6.45) is 2.25. The maximum absolute atomic E-state index is 11.7. The normalized spacial score (nSPS) is 10.4. The molecule has 0 aliphatic rings. The van der Waals surface area contributed by atoms with Crippen LogP contribution >= 0.6 is 39.0 Å². The highest BCUT2D eigenvalue weighted by Gasteiger charge is 2.06. The second-order valence-electron chi connectivity index (χ2n) is 3.43. The van der Waals surface area contributed by atoms with Crippen LogP contribution in [-0.2, 0) is 11.2 Å². The molecule has 0 aliphatic heterocycles. The van der Waals surface area contributed by atoms with Gasteiger partial charge >= 0.3 is 0 Å². The summed E-state index contributed by atoms with van der Waals surface area (Å²) >= 11 is 6.51. The molecule has 0 amide bonds. The minimum atomic E-state index is 0.235. The molecule has 0 saturated carbocycles. The molecule has 0 saturated heterocycles. The van der Waals surface area contributed by atoms with Crippen molar-refractivity contribution in [2.24, 2.45) is 0 Å². The van der Waals surface area contributed by atoms with Crippen molar-refractivity contribution in [1.82, 2.24) is 4.98 Å². The molecule has 1 heterocycles. The third-order valence-corrected chi connectivity index (χ3v) is 4.38. The van der Waals surface area contributed by atoms with Crippen LogP contribution in [-0.4, -0.2) is 16.5 Å². The van der Waals surface area contributed by atoms with E-state index in [0.29, 0.717) is 12.2 Å². The molecule has 0 radical (unpaired) electrons. The third kappa shape index (κ3) is 4.26. The zero-order valence-electron chi connectivity index (χ0n) is 8.93. The van der Waals surface area contributed by atoms with Gasteiger partial charge in [-0.2, -0.15) is 0 Å². The van der Waals surface area contributed by atoms with Crippen LogP contribution in [0.4, 0.5) is 0 Å². The van der Waals surface area contributed by atoms with Gasteiger partial charge in [-0.3, -0.25) is 9.78 Å². The number of halogens is 1. The maximum Gasteiger partial charge on any atom is 0.148 e. The maximum atomic E-state index is 11.7. The summed E-state index contributed by atoms with van der Waals surface area (Å²) in [5.74, 6) is 0.744. The van der Waals surface area contributed by atoms with Gasteiger partial charge in [0.05, 0.1) is 11.3 Å². The number of nitrogens with zero attached hydrogens (tertiary/aromatic N) is 1. The molecule has 0 fully saturated rings. The summed E-state index contributed by atoms with van der Waals surface area (Å²) in [5, 5.41) is 0. The SMILES string of the molecule is O=C(CSc1cccc(Br)c1)Cc1cncs1. The van der Waals surface area contributed by atoms with E-state index in [1.54, 1.807) is 23.5 Å². The first-order chi connectivity index (χ1) is 8.24. The number of thioether (sulfide) groups is 1. The Morgan fingerprint density at radius 2 is 2.35 bits per heavy atom. The highest BCUT2D eigenvalue weighted by Crippen LogP contribution is 2.22. The topological polar surface area (TPSA) is 30.0 Å². The van der Waals surface area contributed by atoms with Gasteiger partial charge in [0.15, 0.2) is 0 Å².